The molecule has 8 bridgehead atoms. The Morgan fingerprint density at radius 1 is 0.400 bits per heavy atom. The molecule has 9 heterocycles. The van der Waals surface area contributed by atoms with Crippen molar-refractivity contribution in [2.24, 2.45) is 28.2 Å². The first-order chi connectivity index (χ1) is 21.4. The third-order valence-electron chi connectivity index (χ3n) is 8.02. The average molecular weight is 642 g/mol. The molecule has 2 aliphatic rings. The Labute approximate surface area is 268 Å². The monoisotopic (exact) mass is 640 g/mol. The second kappa shape index (κ2) is 9.80. The van der Waals surface area contributed by atoms with E-state index < -0.39 is 0 Å². The Bertz CT molecular complexity index is 2390. The number of hydrogen-bond acceptors (Lipinski definition) is 6. The smallest absolute Gasteiger partial charge is 0.357 e. The summed E-state index contributed by atoms with van der Waals surface area (Å²) in [6.45, 7) is 0. The third-order valence-corrected chi connectivity index (χ3v) is 8.02. The van der Waals surface area contributed by atoms with Gasteiger partial charge in [0, 0.05) is 68.8 Å². The maximum atomic E-state index is 5.02. The number of pyridine rings is 4. The second-order valence-electron chi connectivity index (χ2n) is 11.2. The van der Waals surface area contributed by atoms with Crippen LogP contribution in [0.4, 0.5) is 0 Å². The summed E-state index contributed by atoms with van der Waals surface area (Å²) in [6.07, 6.45) is 15.9. The Morgan fingerprint density at radius 3 is 1.16 bits per heavy atom. The maximum absolute atomic E-state index is 5.02. The Morgan fingerprint density at radius 2 is 0.733 bits per heavy atom. The number of rotatable bonds is 0. The van der Waals surface area contributed by atoms with Crippen molar-refractivity contribution in [3.63, 3.8) is 0 Å². The van der Waals surface area contributed by atoms with Crippen LogP contribution in [0, 0.1) is 0 Å². The van der Waals surface area contributed by atoms with Crippen LogP contribution in [0.15, 0.2) is 73.8 Å². The van der Waals surface area contributed by atoms with E-state index in [-0.39, 0.29) is 19.5 Å². The molecule has 13 heteroatoms. The molecule has 0 saturated heterocycles. The van der Waals surface area contributed by atoms with Gasteiger partial charge in [-0.25, -0.2) is 28.2 Å². The van der Waals surface area contributed by atoms with Gasteiger partial charge in [0.1, 0.15) is 28.2 Å². The van der Waals surface area contributed by atoms with Crippen LogP contribution in [0.3, 0.4) is 0 Å². The van der Waals surface area contributed by atoms with Crippen LogP contribution in [-0.4, -0.2) is 29.9 Å². The van der Waals surface area contributed by atoms with Crippen molar-refractivity contribution in [1.82, 2.24) is 39.9 Å². The number of fused-ring (bicyclic) bond motifs is 20. The fourth-order valence-corrected chi connectivity index (χ4v) is 5.85. The fraction of sp³-hybridized carbons (Fsp3) is 0.125. The van der Waals surface area contributed by atoms with Crippen LogP contribution in [0.1, 0.15) is 0 Å². The van der Waals surface area contributed by atoms with Crippen LogP contribution >= 0.6 is 0 Å². The molecule has 0 aromatic carbocycles. The van der Waals surface area contributed by atoms with Crippen LogP contribution in [0.5, 0.6) is 0 Å². The maximum Gasteiger partial charge on any atom is 2.00 e. The summed E-state index contributed by atoms with van der Waals surface area (Å²) < 4.78 is 7.90. The summed E-state index contributed by atoms with van der Waals surface area (Å²) in [6, 6.07) is 8.01. The first-order valence-corrected chi connectivity index (χ1v) is 14.1. The normalized spacial score (nSPS) is 11.8. The van der Waals surface area contributed by atoms with Crippen molar-refractivity contribution < 1.29 is 37.7 Å². The number of aryl methyl sites for hydroxylation is 4. The van der Waals surface area contributed by atoms with Gasteiger partial charge < -0.3 is 29.9 Å². The van der Waals surface area contributed by atoms with Crippen molar-refractivity contribution in [3.05, 3.63) is 73.8 Å². The molecule has 0 aliphatic carbocycles. The first-order valence-electron chi connectivity index (χ1n) is 14.1. The van der Waals surface area contributed by atoms with Gasteiger partial charge in [0.2, 0.25) is 0 Å². The van der Waals surface area contributed by atoms with Gasteiger partial charge in [-0.1, -0.05) is 0 Å². The quantitative estimate of drug-likeness (QED) is 0.180. The third kappa shape index (κ3) is 4.22. The Hall–Kier alpha value is -5.42. The predicted molar refractivity (Wildman–Crippen MR) is 159 cm³/mol. The van der Waals surface area contributed by atoms with E-state index in [9.17, 15) is 0 Å². The minimum Gasteiger partial charge on any atom is -0.357 e. The van der Waals surface area contributed by atoms with E-state index >= 15 is 0 Å². The van der Waals surface area contributed by atoms with Crippen LogP contribution in [-0.2, 0) is 47.7 Å². The van der Waals surface area contributed by atoms with Crippen LogP contribution in [0.2, 0.25) is 0 Å². The summed E-state index contributed by atoms with van der Waals surface area (Å²) in [5, 5.41) is 3.46. The molecule has 7 aromatic heterocycles. The van der Waals surface area contributed by atoms with Crippen molar-refractivity contribution in [1.29, 1.82) is 0 Å². The molecular weight excluding hydrogens is 618 g/mol. The molecule has 0 radical (unpaired) electrons. The topological polar surface area (TPSA) is 121 Å². The molecule has 2 aliphatic heterocycles. The van der Waals surface area contributed by atoms with Gasteiger partial charge in [-0.15, -0.1) is 0 Å². The minimum atomic E-state index is 0. The molecular formula is C32H24N12Zn+4. The standard InChI is InChI=1S/C32H24N12.Zn/c1-41-9-5-17-21(13-41)29-33-25(17)38-30-23-15-43(3)11-7-19(23)27(35-30)40-32-24-16-44(4)12-8-20(24)28(36-32)39-31-22-14-42(2)10-6-18(22)26(34-31)37-29;/h5-16H,1-4H3;/q2*+2. The molecule has 9 rings (SSSR count). The zero-order chi connectivity index (χ0) is 29.7. The predicted octanol–water partition coefficient (Wildman–Crippen LogP) is 1.42. The molecule has 0 fully saturated rings. The SMILES string of the molecule is C[n+]1ccc2c(c1)-c1nc-2nc2[n-]c(nc3nc(nc4[n-]c(n1)c1cc[n+](C)cc41)-c1cc[n+](C)cc1-3)c1cc[n+](C)cc21.[Zn+2]. The largest absolute Gasteiger partial charge is 2.00 e. The van der Waals surface area contributed by atoms with Gasteiger partial charge in [0.05, 0.1) is 45.2 Å². The zero-order valence-corrected chi connectivity index (χ0v) is 28.0. The van der Waals surface area contributed by atoms with E-state index in [1.807, 2.05) is 120 Å². The van der Waals surface area contributed by atoms with Crippen molar-refractivity contribution in [2.75, 3.05) is 0 Å². The number of nitrogens with zero attached hydrogens (tertiary/aromatic N) is 12. The molecule has 210 valence electrons. The van der Waals surface area contributed by atoms with E-state index in [0.29, 0.717) is 45.9 Å². The van der Waals surface area contributed by atoms with Gasteiger partial charge in [-0.3, -0.25) is 0 Å². The van der Waals surface area contributed by atoms with Crippen LogP contribution in [0.25, 0.3) is 89.7 Å². The number of aromatic nitrogens is 12. The minimum absolute atomic E-state index is 0. The summed E-state index contributed by atoms with van der Waals surface area (Å²) in [5.41, 5.74) is 5.58. The molecule has 45 heavy (non-hydrogen) atoms. The summed E-state index contributed by atoms with van der Waals surface area (Å²) in [7, 11) is 7.89. The van der Waals surface area contributed by atoms with Gasteiger partial charge in [0.15, 0.2) is 49.6 Å². The Kier molecular flexibility index (Phi) is 5.91. The van der Waals surface area contributed by atoms with Gasteiger partial charge in [0.25, 0.3) is 0 Å². The van der Waals surface area contributed by atoms with E-state index in [2.05, 4.69) is 0 Å². The second-order valence-corrected chi connectivity index (χ2v) is 11.2. The molecule has 12 nitrogen and oxygen atoms in total. The van der Waals surface area contributed by atoms with Crippen molar-refractivity contribution >= 4 is 44.1 Å². The summed E-state index contributed by atoms with van der Waals surface area (Å²) in [5.74, 6) is 2.11. The summed E-state index contributed by atoms with van der Waals surface area (Å²) >= 11 is 0. The molecule has 0 unspecified atom stereocenters. The fourth-order valence-electron chi connectivity index (χ4n) is 5.85. The average Bonchev–Trinajstić information content (AvgIpc) is 3.71. The van der Waals surface area contributed by atoms with Gasteiger partial charge in [-0.2, -0.15) is 0 Å². The van der Waals surface area contributed by atoms with Crippen molar-refractivity contribution in [2.45, 2.75) is 0 Å². The van der Waals surface area contributed by atoms with Gasteiger partial charge in [-0.05, 0) is 0 Å². The molecule has 0 spiro atoms. The zero-order valence-electron chi connectivity index (χ0n) is 25.0. The number of hydrogen-bond donors (Lipinski definition) is 0. The first kappa shape index (κ1) is 27.2. The van der Waals surface area contributed by atoms with E-state index in [1.54, 1.807) is 0 Å². The van der Waals surface area contributed by atoms with Crippen molar-refractivity contribution in [3.8, 4) is 45.6 Å². The van der Waals surface area contributed by atoms with E-state index in [1.165, 1.54) is 0 Å². The molecule has 0 atom stereocenters. The van der Waals surface area contributed by atoms with E-state index in [4.69, 9.17) is 39.9 Å². The molecule has 0 saturated carbocycles. The Balaban J connectivity index is 0.00000300. The summed E-state index contributed by atoms with van der Waals surface area (Å²) in [4.78, 5) is 39.8. The molecule has 7 aromatic rings. The van der Waals surface area contributed by atoms with Gasteiger partial charge >= 0.3 is 19.5 Å². The molecule has 0 N–H and O–H groups in total. The molecule has 0 amide bonds. The van der Waals surface area contributed by atoms with Crippen LogP contribution < -0.4 is 28.2 Å². The van der Waals surface area contributed by atoms with E-state index in [0.717, 1.165) is 43.8 Å².